The summed E-state index contributed by atoms with van der Waals surface area (Å²) < 4.78 is 5.93. The van der Waals surface area contributed by atoms with Gasteiger partial charge in [-0.05, 0) is 36.7 Å². The highest BCUT2D eigenvalue weighted by atomic mass is 16.5. The lowest BCUT2D eigenvalue weighted by Crippen LogP contribution is -2.53. The maximum Gasteiger partial charge on any atom is 0.244 e. The van der Waals surface area contributed by atoms with E-state index in [1.54, 1.807) is 0 Å². The zero-order valence-corrected chi connectivity index (χ0v) is 13.0. The monoisotopic (exact) mass is 290 g/mol. The molecule has 4 N–H and O–H groups in total. The topological polar surface area (TPSA) is 78.3 Å². The molecule has 1 atom stereocenters. The number of nitrogens with two attached hydrogens (primary N) is 2. The van der Waals surface area contributed by atoms with Gasteiger partial charge in [0, 0.05) is 0 Å². The van der Waals surface area contributed by atoms with E-state index in [0.717, 1.165) is 25.7 Å². The van der Waals surface area contributed by atoms with Gasteiger partial charge in [0.05, 0.1) is 12.7 Å². The Bertz CT molecular complexity index is 477. The quantitative estimate of drug-likeness (QED) is 0.873. The number of hydrogen-bond acceptors (Lipinski definition) is 3. The minimum Gasteiger partial charge on any atom is -0.375 e. The highest BCUT2D eigenvalue weighted by Crippen LogP contribution is 2.36. The van der Waals surface area contributed by atoms with Crippen molar-refractivity contribution in [2.24, 2.45) is 16.9 Å². The van der Waals surface area contributed by atoms with Gasteiger partial charge in [0.25, 0.3) is 0 Å². The molecule has 1 fully saturated rings. The van der Waals surface area contributed by atoms with Crippen LogP contribution in [-0.4, -0.2) is 18.6 Å². The van der Waals surface area contributed by atoms with Crippen LogP contribution in [0.4, 0.5) is 0 Å². The fourth-order valence-electron chi connectivity index (χ4n) is 2.82. The van der Waals surface area contributed by atoms with Gasteiger partial charge in [-0.3, -0.25) is 4.79 Å². The summed E-state index contributed by atoms with van der Waals surface area (Å²) in [5.41, 5.74) is 11.6. The number of primary amides is 1. The van der Waals surface area contributed by atoms with E-state index < -0.39 is 11.4 Å². The molecule has 0 bridgehead atoms. The SMILES string of the molecule is CC1(C)CCC(OCC(N)(C(N)=O)c2ccccc2)CC1. The third-order valence-corrected chi connectivity index (χ3v) is 4.56. The van der Waals surface area contributed by atoms with Gasteiger partial charge in [-0.25, -0.2) is 0 Å². The summed E-state index contributed by atoms with van der Waals surface area (Å²) in [5.74, 6) is -0.551. The lowest BCUT2D eigenvalue weighted by atomic mass is 9.76. The number of amides is 1. The molecule has 1 aromatic carbocycles. The molecule has 1 amide bonds. The highest BCUT2D eigenvalue weighted by Gasteiger charge is 2.36. The van der Waals surface area contributed by atoms with E-state index in [-0.39, 0.29) is 12.7 Å². The molecule has 4 heteroatoms. The molecule has 0 radical (unpaired) electrons. The first kappa shape index (κ1) is 16.0. The molecule has 0 heterocycles. The van der Waals surface area contributed by atoms with Crippen molar-refractivity contribution in [2.75, 3.05) is 6.61 Å². The number of carbonyl (C=O) groups excluding carboxylic acids is 1. The predicted octanol–water partition coefficient (Wildman–Crippen LogP) is 2.31. The minimum atomic E-state index is -1.26. The fourth-order valence-corrected chi connectivity index (χ4v) is 2.82. The summed E-state index contributed by atoms with van der Waals surface area (Å²) >= 11 is 0. The van der Waals surface area contributed by atoms with E-state index in [1.165, 1.54) is 0 Å². The lowest BCUT2D eigenvalue weighted by Gasteiger charge is -2.36. The molecule has 1 saturated carbocycles. The summed E-state index contributed by atoms with van der Waals surface area (Å²) in [6.07, 6.45) is 4.46. The van der Waals surface area contributed by atoms with Crippen LogP contribution in [0.25, 0.3) is 0 Å². The van der Waals surface area contributed by atoms with Gasteiger partial charge >= 0.3 is 0 Å². The Balaban J connectivity index is 2.00. The molecule has 1 aliphatic rings. The maximum atomic E-state index is 11.8. The van der Waals surface area contributed by atoms with Crippen LogP contribution in [0.3, 0.4) is 0 Å². The summed E-state index contributed by atoms with van der Waals surface area (Å²) in [4.78, 5) is 11.8. The molecule has 0 aromatic heterocycles. The molecule has 0 spiro atoms. The van der Waals surface area contributed by atoms with Crippen molar-refractivity contribution in [3.63, 3.8) is 0 Å². The molecule has 0 saturated heterocycles. The molecular weight excluding hydrogens is 264 g/mol. The van der Waals surface area contributed by atoms with Crippen LogP contribution in [0.2, 0.25) is 0 Å². The van der Waals surface area contributed by atoms with Gasteiger partial charge in [0.2, 0.25) is 5.91 Å². The van der Waals surface area contributed by atoms with Crippen LogP contribution in [0.5, 0.6) is 0 Å². The van der Waals surface area contributed by atoms with Crippen LogP contribution in [0.1, 0.15) is 45.1 Å². The molecule has 1 aromatic rings. The standard InChI is InChI=1S/C17H26N2O2/c1-16(2)10-8-14(9-11-16)21-12-17(19,15(18)20)13-6-4-3-5-7-13/h3-7,14H,8-12,19H2,1-2H3,(H2,18,20). The first-order valence-corrected chi connectivity index (χ1v) is 7.59. The Morgan fingerprint density at radius 1 is 1.29 bits per heavy atom. The first-order valence-electron chi connectivity index (χ1n) is 7.59. The fraction of sp³-hybridized carbons (Fsp3) is 0.588. The second kappa shape index (κ2) is 6.16. The summed E-state index contributed by atoms with van der Waals surface area (Å²) in [6.45, 7) is 4.70. The van der Waals surface area contributed by atoms with E-state index in [2.05, 4.69) is 13.8 Å². The number of ether oxygens (including phenoxy) is 1. The van der Waals surface area contributed by atoms with Gasteiger partial charge in [-0.15, -0.1) is 0 Å². The molecule has 116 valence electrons. The smallest absolute Gasteiger partial charge is 0.244 e. The number of hydrogen-bond donors (Lipinski definition) is 2. The van der Waals surface area contributed by atoms with Gasteiger partial charge in [0.1, 0.15) is 5.54 Å². The van der Waals surface area contributed by atoms with Gasteiger partial charge in [0.15, 0.2) is 0 Å². The van der Waals surface area contributed by atoms with Crippen LogP contribution in [0, 0.1) is 5.41 Å². The van der Waals surface area contributed by atoms with E-state index >= 15 is 0 Å². The number of rotatable bonds is 5. The second-order valence-corrected chi connectivity index (χ2v) is 6.88. The van der Waals surface area contributed by atoms with Gasteiger partial charge in [-0.1, -0.05) is 44.2 Å². The Morgan fingerprint density at radius 3 is 2.38 bits per heavy atom. The Labute approximate surface area is 126 Å². The third-order valence-electron chi connectivity index (χ3n) is 4.56. The summed E-state index contributed by atoms with van der Waals surface area (Å²) in [5, 5.41) is 0. The molecular formula is C17H26N2O2. The average Bonchev–Trinajstić information content (AvgIpc) is 2.46. The van der Waals surface area contributed by atoms with Crippen LogP contribution >= 0.6 is 0 Å². The van der Waals surface area contributed by atoms with Crippen molar-refractivity contribution < 1.29 is 9.53 Å². The largest absolute Gasteiger partial charge is 0.375 e. The van der Waals surface area contributed by atoms with E-state index in [4.69, 9.17) is 16.2 Å². The average molecular weight is 290 g/mol. The van der Waals surface area contributed by atoms with E-state index in [9.17, 15) is 4.79 Å². The van der Waals surface area contributed by atoms with E-state index in [1.807, 2.05) is 30.3 Å². The van der Waals surface area contributed by atoms with Crippen LogP contribution in [-0.2, 0) is 15.1 Å². The Morgan fingerprint density at radius 2 is 1.86 bits per heavy atom. The van der Waals surface area contributed by atoms with Crippen molar-refractivity contribution in [1.29, 1.82) is 0 Å². The summed E-state index contributed by atoms with van der Waals surface area (Å²) in [6, 6.07) is 9.22. The van der Waals surface area contributed by atoms with Crippen molar-refractivity contribution in [2.45, 2.75) is 51.2 Å². The third kappa shape index (κ3) is 3.83. The zero-order chi connectivity index (χ0) is 15.5. The molecule has 21 heavy (non-hydrogen) atoms. The maximum absolute atomic E-state index is 11.8. The van der Waals surface area contributed by atoms with Gasteiger partial charge < -0.3 is 16.2 Å². The van der Waals surface area contributed by atoms with E-state index in [0.29, 0.717) is 11.0 Å². The van der Waals surface area contributed by atoms with Crippen molar-refractivity contribution in [1.82, 2.24) is 0 Å². The van der Waals surface area contributed by atoms with Crippen molar-refractivity contribution >= 4 is 5.91 Å². The minimum absolute atomic E-state index is 0.136. The normalized spacial score (nSPS) is 21.7. The Kier molecular flexibility index (Phi) is 4.69. The van der Waals surface area contributed by atoms with Crippen molar-refractivity contribution in [3.8, 4) is 0 Å². The number of benzene rings is 1. The van der Waals surface area contributed by atoms with Crippen LogP contribution < -0.4 is 11.5 Å². The lowest BCUT2D eigenvalue weighted by molar-refractivity contribution is -0.127. The Hall–Kier alpha value is -1.39. The van der Waals surface area contributed by atoms with Crippen molar-refractivity contribution in [3.05, 3.63) is 35.9 Å². The predicted molar refractivity (Wildman–Crippen MR) is 83.5 cm³/mol. The summed E-state index contributed by atoms with van der Waals surface area (Å²) in [7, 11) is 0. The molecule has 0 aliphatic heterocycles. The molecule has 4 nitrogen and oxygen atoms in total. The van der Waals surface area contributed by atoms with Gasteiger partial charge in [-0.2, -0.15) is 0 Å². The highest BCUT2D eigenvalue weighted by molar-refractivity contribution is 5.86. The molecule has 2 rings (SSSR count). The van der Waals surface area contributed by atoms with Crippen LogP contribution in [0.15, 0.2) is 30.3 Å². The zero-order valence-electron chi connectivity index (χ0n) is 13.0. The molecule has 1 unspecified atom stereocenters. The number of carbonyl (C=O) groups is 1. The molecule has 1 aliphatic carbocycles. The second-order valence-electron chi connectivity index (χ2n) is 6.88. The first-order chi connectivity index (χ1) is 9.83.